The van der Waals surface area contributed by atoms with Crippen LogP contribution in [0.5, 0.6) is 5.75 Å². The predicted octanol–water partition coefficient (Wildman–Crippen LogP) is 0.530. The van der Waals surface area contributed by atoms with Gasteiger partial charge in [0.05, 0.1) is 18.2 Å². The number of benzene rings is 1. The molecule has 0 heterocycles. The Morgan fingerprint density at radius 2 is 1.95 bits per heavy atom. The smallest absolute Gasteiger partial charge is 0.261 e. The van der Waals surface area contributed by atoms with Crippen LogP contribution in [0.25, 0.3) is 0 Å². The van der Waals surface area contributed by atoms with Gasteiger partial charge in [-0.1, -0.05) is 0 Å². The van der Waals surface area contributed by atoms with E-state index >= 15 is 0 Å². The quantitative estimate of drug-likeness (QED) is 0.849. The molecule has 0 aliphatic rings. The Balaban J connectivity index is 2.49. The fourth-order valence-corrected chi connectivity index (χ4v) is 1.33. The third-order valence-electron chi connectivity index (χ3n) is 2.58. The lowest BCUT2D eigenvalue weighted by Crippen LogP contribution is -2.42. The molecule has 0 spiro atoms. The van der Waals surface area contributed by atoms with Crippen LogP contribution in [0, 0.1) is 11.3 Å². The molecule has 0 saturated carbocycles. The minimum Gasteiger partial charge on any atom is -0.481 e. The van der Waals surface area contributed by atoms with E-state index in [1.165, 1.54) is 4.90 Å². The summed E-state index contributed by atoms with van der Waals surface area (Å²) in [4.78, 5) is 24.5. The van der Waals surface area contributed by atoms with Gasteiger partial charge in [-0.25, -0.2) is 0 Å². The molecule has 0 bridgehead atoms. The summed E-state index contributed by atoms with van der Waals surface area (Å²) < 4.78 is 5.42. The number of nitriles is 1. The first-order chi connectivity index (χ1) is 9.43. The lowest BCUT2D eigenvalue weighted by atomic mass is 10.2. The van der Waals surface area contributed by atoms with Gasteiger partial charge in [0.25, 0.3) is 5.91 Å². The maximum Gasteiger partial charge on any atom is 0.261 e. The molecule has 0 aromatic heterocycles. The van der Waals surface area contributed by atoms with E-state index in [1.54, 1.807) is 45.3 Å². The van der Waals surface area contributed by atoms with Gasteiger partial charge in [0.2, 0.25) is 5.91 Å². The zero-order valence-corrected chi connectivity index (χ0v) is 11.7. The van der Waals surface area contributed by atoms with Crippen molar-refractivity contribution >= 4 is 11.8 Å². The first-order valence-corrected chi connectivity index (χ1v) is 6.08. The normalized spacial score (nSPS) is 11.1. The predicted molar refractivity (Wildman–Crippen MR) is 73.0 cm³/mol. The molecule has 0 aliphatic heterocycles. The molecule has 1 atom stereocenters. The standard InChI is InChI=1S/C14H17N3O3/c1-10(14(19)16-9-13(18)17(2)3)20-12-6-4-11(8-15)5-7-12/h4-7,10H,9H2,1-3H3,(H,16,19)/t10-/m1/s1. The molecule has 1 rings (SSSR count). The van der Waals surface area contributed by atoms with Gasteiger partial charge in [-0.05, 0) is 31.2 Å². The van der Waals surface area contributed by atoms with Crippen molar-refractivity contribution in [3.63, 3.8) is 0 Å². The van der Waals surface area contributed by atoms with Crippen LogP contribution in [-0.4, -0.2) is 43.5 Å². The molecule has 1 aromatic rings. The van der Waals surface area contributed by atoms with Crippen molar-refractivity contribution in [3.8, 4) is 11.8 Å². The lowest BCUT2D eigenvalue weighted by Gasteiger charge is -2.16. The third kappa shape index (κ3) is 4.61. The van der Waals surface area contributed by atoms with Crippen molar-refractivity contribution in [2.75, 3.05) is 20.6 Å². The van der Waals surface area contributed by atoms with Gasteiger partial charge in [-0.2, -0.15) is 5.26 Å². The van der Waals surface area contributed by atoms with Crippen LogP contribution < -0.4 is 10.1 Å². The topological polar surface area (TPSA) is 82.4 Å². The maximum absolute atomic E-state index is 11.7. The second kappa shape index (κ2) is 7.14. The van der Waals surface area contributed by atoms with Crippen LogP contribution >= 0.6 is 0 Å². The van der Waals surface area contributed by atoms with Crippen molar-refractivity contribution in [2.45, 2.75) is 13.0 Å². The molecule has 106 valence electrons. The molecule has 0 radical (unpaired) electrons. The van der Waals surface area contributed by atoms with Crippen LogP contribution in [-0.2, 0) is 9.59 Å². The van der Waals surface area contributed by atoms with Crippen molar-refractivity contribution in [2.24, 2.45) is 0 Å². The van der Waals surface area contributed by atoms with Crippen molar-refractivity contribution in [3.05, 3.63) is 29.8 Å². The largest absolute Gasteiger partial charge is 0.481 e. The number of carbonyl (C=O) groups is 2. The Morgan fingerprint density at radius 1 is 1.35 bits per heavy atom. The summed E-state index contributed by atoms with van der Waals surface area (Å²) in [6.45, 7) is 1.53. The number of likely N-dealkylation sites (N-methyl/N-ethyl adjacent to an activating group) is 1. The highest BCUT2D eigenvalue weighted by Gasteiger charge is 2.16. The summed E-state index contributed by atoms with van der Waals surface area (Å²) >= 11 is 0. The van der Waals surface area contributed by atoms with E-state index < -0.39 is 6.10 Å². The van der Waals surface area contributed by atoms with E-state index in [1.807, 2.05) is 6.07 Å². The van der Waals surface area contributed by atoms with Crippen molar-refractivity contribution < 1.29 is 14.3 Å². The van der Waals surface area contributed by atoms with Gasteiger partial charge in [0, 0.05) is 14.1 Å². The zero-order chi connectivity index (χ0) is 15.1. The summed E-state index contributed by atoms with van der Waals surface area (Å²) in [7, 11) is 3.23. The molecule has 6 heteroatoms. The van der Waals surface area contributed by atoms with Gasteiger partial charge < -0.3 is 15.0 Å². The average Bonchev–Trinajstić information content (AvgIpc) is 2.44. The molecule has 0 aliphatic carbocycles. The van der Waals surface area contributed by atoms with E-state index in [-0.39, 0.29) is 18.4 Å². The molecule has 2 amide bonds. The summed E-state index contributed by atoms with van der Waals surface area (Å²) in [5, 5.41) is 11.2. The number of amides is 2. The molecular weight excluding hydrogens is 258 g/mol. The Hall–Kier alpha value is -2.55. The van der Waals surface area contributed by atoms with Crippen LogP contribution in [0.15, 0.2) is 24.3 Å². The summed E-state index contributed by atoms with van der Waals surface area (Å²) in [6, 6.07) is 8.45. The Labute approximate surface area is 117 Å². The van der Waals surface area contributed by atoms with Crippen LogP contribution in [0.3, 0.4) is 0 Å². The van der Waals surface area contributed by atoms with Crippen LogP contribution in [0.2, 0.25) is 0 Å². The van der Waals surface area contributed by atoms with Crippen molar-refractivity contribution in [1.82, 2.24) is 10.2 Å². The van der Waals surface area contributed by atoms with E-state index in [9.17, 15) is 9.59 Å². The molecule has 0 unspecified atom stereocenters. The molecule has 0 saturated heterocycles. The van der Waals surface area contributed by atoms with Crippen molar-refractivity contribution in [1.29, 1.82) is 5.26 Å². The zero-order valence-electron chi connectivity index (χ0n) is 11.7. The Kier molecular flexibility index (Phi) is 5.54. The van der Waals surface area contributed by atoms with E-state index in [2.05, 4.69) is 5.32 Å². The first-order valence-electron chi connectivity index (χ1n) is 6.08. The SMILES string of the molecule is C[C@@H](Oc1ccc(C#N)cc1)C(=O)NCC(=O)N(C)C. The molecule has 0 fully saturated rings. The maximum atomic E-state index is 11.7. The summed E-state index contributed by atoms with van der Waals surface area (Å²) in [5.74, 6) is -0.0703. The van der Waals surface area contributed by atoms with E-state index in [4.69, 9.17) is 10.00 Å². The average molecular weight is 275 g/mol. The molecule has 1 N–H and O–H groups in total. The van der Waals surface area contributed by atoms with Gasteiger partial charge in [0.1, 0.15) is 5.75 Å². The molecule has 20 heavy (non-hydrogen) atoms. The summed E-state index contributed by atoms with van der Waals surface area (Å²) in [5.41, 5.74) is 0.519. The minimum atomic E-state index is -0.724. The first kappa shape index (κ1) is 15.5. The highest BCUT2D eigenvalue weighted by molar-refractivity contribution is 5.86. The summed E-state index contributed by atoms with van der Waals surface area (Å²) in [6.07, 6.45) is -0.724. The lowest BCUT2D eigenvalue weighted by molar-refractivity contribution is -0.133. The highest BCUT2D eigenvalue weighted by Crippen LogP contribution is 2.13. The Bertz CT molecular complexity index is 517. The molecular formula is C14H17N3O3. The number of nitrogens with one attached hydrogen (secondary N) is 1. The number of nitrogens with zero attached hydrogens (tertiary/aromatic N) is 2. The number of hydrogen-bond donors (Lipinski definition) is 1. The number of rotatable bonds is 5. The van der Waals surface area contributed by atoms with Gasteiger partial charge in [-0.3, -0.25) is 9.59 Å². The number of carbonyl (C=O) groups excluding carboxylic acids is 2. The van der Waals surface area contributed by atoms with Gasteiger partial charge >= 0.3 is 0 Å². The van der Waals surface area contributed by atoms with Crippen LogP contribution in [0.4, 0.5) is 0 Å². The molecule has 6 nitrogen and oxygen atoms in total. The number of hydrogen-bond acceptors (Lipinski definition) is 4. The minimum absolute atomic E-state index is 0.0626. The van der Waals surface area contributed by atoms with E-state index in [0.29, 0.717) is 11.3 Å². The fraction of sp³-hybridized carbons (Fsp3) is 0.357. The third-order valence-corrected chi connectivity index (χ3v) is 2.58. The van der Waals surface area contributed by atoms with Gasteiger partial charge in [-0.15, -0.1) is 0 Å². The highest BCUT2D eigenvalue weighted by atomic mass is 16.5. The number of ether oxygens (including phenoxy) is 1. The second-order valence-corrected chi connectivity index (χ2v) is 4.40. The van der Waals surface area contributed by atoms with E-state index in [0.717, 1.165) is 0 Å². The second-order valence-electron chi connectivity index (χ2n) is 4.40. The molecule has 1 aromatic carbocycles. The monoisotopic (exact) mass is 275 g/mol. The fourth-order valence-electron chi connectivity index (χ4n) is 1.33. The van der Waals surface area contributed by atoms with Gasteiger partial charge in [0.15, 0.2) is 6.10 Å². The van der Waals surface area contributed by atoms with Crippen LogP contribution in [0.1, 0.15) is 12.5 Å². The Morgan fingerprint density at radius 3 is 2.45 bits per heavy atom.